The van der Waals surface area contributed by atoms with Gasteiger partial charge in [-0.25, -0.2) is 26.8 Å². The van der Waals surface area contributed by atoms with E-state index in [1.165, 1.54) is 7.05 Å². The van der Waals surface area contributed by atoms with Gasteiger partial charge in [0.05, 0.1) is 10.6 Å². The molecule has 0 saturated heterocycles. The second-order valence-electron chi connectivity index (χ2n) is 6.98. The van der Waals surface area contributed by atoms with Crippen molar-refractivity contribution in [3.63, 3.8) is 0 Å². The summed E-state index contributed by atoms with van der Waals surface area (Å²) >= 11 is 0. The maximum absolute atomic E-state index is 13.0. The SMILES string of the molecule is CN(CCNc1ccc(S(N)(=O)=O)cc1S(=O)(=O)C(F)(F)F)C(=O)OC(C)(C)C. The first kappa shape index (κ1) is 25.0. The van der Waals surface area contributed by atoms with Crippen LogP contribution in [0.25, 0.3) is 0 Å². The molecule has 1 aromatic carbocycles. The summed E-state index contributed by atoms with van der Waals surface area (Å²) in [6.45, 7) is 4.76. The normalized spacial score (nSPS) is 13.1. The Bertz CT molecular complexity index is 970. The summed E-state index contributed by atoms with van der Waals surface area (Å²) in [5.74, 6) is 0. The minimum Gasteiger partial charge on any atom is -0.444 e. The highest BCUT2D eigenvalue weighted by Gasteiger charge is 2.48. The summed E-state index contributed by atoms with van der Waals surface area (Å²) in [4.78, 5) is 10.9. The van der Waals surface area contributed by atoms with E-state index in [-0.39, 0.29) is 13.1 Å². The molecule has 0 saturated carbocycles. The van der Waals surface area contributed by atoms with E-state index in [2.05, 4.69) is 5.32 Å². The van der Waals surface area contributed by atoms with Gasteiger partial charge in [0.1, 0.15) is 10.5 Å². The fraction of sp³-hybridized carbons (Fsp3) is 0.533. The monoisotopic (exact) mass is 461 g/mol. The zero-order valence-corrected chi connectivity index (χ0v) is 17.7. The van der Waals surface area contributed by atoms with E-state index in [1.54, 1.807) is 20.8 Å². The third-order valence-electron chi connectivity index (χ3n) is 3.34. The lowest BCUT2D eigenvalue weighted by atomic mass is 10.2. The number of nitrogens with two attached hydrogens (primary N) is 1. The van der Waals surface area contributed by atoms with E-state index in [0.29, 0.717) is 6.07 Å². The molecule has 0 bridgehead atoms. The van der Waals surface area contributed by atoms with Gasteiger partial charge in [-0.2, -0.15) is 13.2 Å². The van der Waals surface area contributed by atoms with Crippen LogP contribution in [0.3, 0.4) is 0 Å². The summed E-state index contributed by atoms with van der Waals surface area (Å²) < 4.78 is 90.5. The molecule has 1 aromatic rings. The Labute approximate surface area is 167 Å². The van der Waals surface area contributed by atoms with Gasteiger partial charge in [-0.05, 0) is 39.0 Å². The number of hydrogen-bond acceptors (Lipinski definition) is 7. The van der Waals surface area contributed by atoms with Gasteiger partial charge in [0.25, 0.3) is 9.84 Å². The van der Waals surface area contributed by atoms with Gasteiger partial charge < -0.3 is 15.0 Å². The first-order chi connectivity index (χ1) is 12.9. The topological polar surface area (TPSA) is 136 Å². The van der Waals surface area contributed by atoms with Crippen LogP contribution in [0.15, 0.2) is 28.0 Å². The molecule has 166 valence electrons. The molecule has 0 aliphatic rings. The Kier molecular flexibility index (Phi) is 7.20. The van der Waals surface area contributed by atoms with Crippen molar-refractivity contribution in [2.45, 2.75) is 41.7 Å². The largest absolute Gasteiger partial charge is 0.501 e. The first-order valence-corrected chi connectivity index (χ1v) is 11.1. The van der Waals surface area contributed by atoms with Crippen LogP contribution in [0.4, 0.5) is 23.7 Å². The lowest BCUT2D eigenvalue weighted by Gasteiger charge is -2.25. The predicted octanol–water partition coefficient (Wildman–Crippen LogP) is 1.91. The molecule has 0 atom stereocenters. The Morgan fingerprint density at radius 2 is 1.72 bits per heavy atom. The standard InChI is InChI=1S/C15H22F3N3O6S2/c1-14(2,3)27-13(22)21(4)8-7-20-11-6-5-10(29(19,25)26)9-12(11)28(23,24)15(16,17)18/h5-6,9,20H,7-8H2,1-4H3,(H2,19,25,26). The van der Waals surface area contributed by atoms with E-state index < -0.39 is 52.5 Å². The molecular formula is C15H22F3N3O6S2. The van der Waals surface area contributed by atoms with Crippen molar-refractivity contribution in [2.24, 2.45) is 5.14 Å². The number of ether oxygens (including phenoxy) is 1. The lowest BCUT2D eigenvalue weighted by molar-refractivity contribution is -0.0435. The molecule has 14 heteroatoms. The van der Waals surface area contributed by atoms with Crippen molar-refractivity contribution >= 4 is 31.6 Å². The molecule has 1 amide bonds. The van der Waals surface area contributed by atoms with Crippen LogP contribution in [-0.2, 0) is 24.6 Å². The number of hydrogen-bond donors (Lipinski definition) is 2. The number of sulfone groups is 1. The second-order valence-corrected chi connectivity index (χ2v) is 10.5. The van der Waals surface area contributed by atoms with Gasteiger partial charge in [-0.15, -0.1) is 0 Å². The molecule has 29 heavy (non-hydrogen) atoms. The van der Waals surface area contributed by atoms with Crippen LogP contribution in [0, 0.1) is 0 Å². The Morgan fingerprint density at radius 1 is 1.17 bits per heavy atom. The average Bonchev–Trinajstić information content (AvgIpc) is 2.51. The number of primary sulfonamides is 1. The Balaban J connectivity index is 3.12. The third-order valence-corrected chi connectivity index (χ3v) is 5.78. The maximum atomic E-state index is 13.0. The van der Waals surface area contributed by atoms with Crippen LogP contribution in [0.1, 0.15) is 20.8 Å². The fourth-order valence-corrected chi connectivity index (χ4v) is 3.54. The predicted molar refractivity (Wildman–Crippen MR) is 98.4 cm³/mol. The fourth-order valence-electron chi connectivity index (χ4n) is 1.96. The van der Waals surface area contributed by atoms with Crippen molar-refractivity contribution in [2.75, 3.05) is 25.5 Å². The van der Waals surface area contributed by atoms with E-state index in [1.807, 2.05) is 0 Å². The number of likely N-dealkylation sites (N-methyl/N-ethyl adjacent to an activating group) is 1. The van der Waals surface area contributed by atoms with Gasteiger partial charge in [0, 0.05) is 20.1 Å². The zero-order chi connectivity index (χ0) is 22.8. The van der Waals surface area contributed by atoms with E-state index >= 15 is 0 Å². The van der Waals surface area contributed by atoms with Gasteiger partial charge in [-0.3, -0.25) is 0 Å². The summed E-state index contributed by atoms with van der Waals surface area (Å²) in [5.41, 5.74) is -6.91. The summed E-state index contributed by atoms with van der Waals surface area (Å²) in [6, 6.07) is 2.05. The highest BCUT2D eigenvalue weighted by atomic mass is 32.2. The highest BCUT2D eigenvalue weighted by molar-refractivity contribution is 7.92. The number of benzene rings is 1. The molecule has 0 aromatic heterocycles. The molecule has 3 N–H and O–H groups in total. The molecular weight excluding hydrogens is 439 g/mol. The van der Waals surface area contributed by atoms with Gasteiger partial charge in [0.2, 0.25) is 10.0 Å². The Morgan fingerprint density at radius 3 is 2.17 bits per heavy atom. The molecule has 0 spiro atoms. The van der Waals surface area contributed by atoms with Crippen LogP contribution in [-0.4, -0.2) is 59.1 Å². The number of carbonyl (C=O) groups is 1. The molecule has 9 nitrogen and oxygen atoms in total. The molecule has 0 aliphatic carbocycles. The summed E-state index contributed by atoms with van der Waals surface area (Å²) in [5, 5.41) is 7.32. The number of nitrogens with one attached hydrogen (secondary N) is 1. The minimum absolute atomic E-state index is 0.0443. The molecule has 0 fully saturated rings. The number of sulfonamides is 1. The van der Waals surface area contributed by atoms with E-state index in [4.69, 9.17) is 9.88 Å². The average molecular weight is 461 g/mol. The van der Waals surface area contributed by atoms with Crippen LogP contribution < -0.4 is 10.5 Å². The van der Waals surface area contributed by atoms with E-state index in [0.717, 1.165) is 17.0 Å². The van der Waals surface area contributed by atoms with Gasteiger partial charge >= 0.3 is 11.6 Å². The number of halogens is 3. The second kappa shape index (κ2) is 8.36. The first-order valence-electron chi connectivity index (χ1n) is 8.02. The number of alkyl halides is 3. The third kappa shape index (κ3) is 6.75. The van der Waals surface area contributed by atoms with Crippen LogP contribution >= 0.6 is 0 Å². The van der Waals surface area contributed by atoms with Crippen molar-refractivity contribution in [3.05, 3.63) is 18.2 Å². The molecule has 1 rings (SSSR count). The molecule has 0 heterocycles. The highest BCUT2D eigenvalue weighted by Crippen LogP contribution is 2.35. The quantitative estimate of drug-likeness (QED) is 0.660. The maximum Gasteiger partial charge on any atom is 0.501 e. The van der Waals surface area contributed by atoms with Crippen LogP contribution in [0.5, 0.6) is 0 Å². The van der Waals surface area contributed by atoms with Crippen LogP contribution in [0.2, 0.25) is 0 Å². The number of anilines is 1. The van der Waals surface area contributed by atoms with Gasteiger partial charge in [0.15, 0.2) is 0 Å². The number of carbonyl (C=O) groups excluding carboxylic acids is 1. The van der Waals surface area contributed by atoms with Crippen molar-refractivity contribution in [1.29, 1.82) is 0 Å². The zero-order valence-electron chi connectivity index (χ0n) is 16.1. The number of rotatable bonds is 6. The molecule has 0 aliphatic heterocycles. The molecule has 0 unspecified atom stereocenters. The van der Waals surface area contributed by atoms with E-state index in [9.17, 15) is 34.8 Å². The van der Waals surface area contributed by atoms with Crippen molar-refractivity contribution in [1.82, 2.24) is 4.90 Å². The smallest absolute Gasteiger partial charge is 0.444 e. The summed E-state index contributed by atoms with van der Waals surface area (Å²) in [7, 11) is -8.93. The minimum atomic E-state index is -5.87. The number of amides is 1. The molecule has 0 radical (unpaired) electrons. The van der Waals surface area contributed by atoms with Gasteiger partial charge in [-0.1, -0.05) is 0 Å². The lowest BCUT2D eigenvalue weighted by Crippen LogP contribution is -2.36. The van der Waals surface area contributed by atoms with Crippen molar-refractivity contribution in [3.8, 4) is 0 Å². The summed E-state index contributed by atoms with van der Waals surface area (Å²) in [6.07, 6.45) is -0.688. The number of nitrogens with zero attached hydrogens (tertiary/aromatic N) is 1. The van der Waals surface area contributed by atoms with Crippen molar-refractivity contribution < 1.29 is 39.5 Å². The Hall–Kier alpha value is -2.06.